The SMILES string of the molecule is CCOc1ccc(N=C(Nc2cccnc2)c2ccccc2)cc1. The number of ether oxygens (including phenoxy) is 1. The van der Waals surface area contributed by atoms with Gasteiger partial charge in [-0.15, -0.1) is 0 Å². The van der Waals surface area contributed by atoms with Gasteiger partial charge in [0.25, 0.3) is 0 Å². The lowest BCUT2D eigenvalue weighted by Crippen LogP contribution is -2.13. The Morgan fingerprint density at radius 1 is 1.00 bits per heavy atom. The zero-order valence-corrected chi connectivity index (χ0v) is 13.5. The fraction of sp³-hybridized carbons (Fsp3) is 0.100. The molecule has 4 nitrogen and oxygen atoms in total. The van der Waals surface area contributed by atoms with Gasteiger partial charge in [0.05, 0.1) is 24.2 Å². The minimum absolute atomic E-state index is 0.653. The van der Waals surface area contributed by atoms with Crippen LogP contribution in [0.4, 0.5) is 11.4 Å². The molecule has 0 radical (unpaired) electrons. The first kappa shape index (κ1) is 15.7. The van der Waals surface area contributed by atoms with Crippen LogP contribution in [0.5, 0.6) is 5.75 Å². The summed E-state index contributed by atoms with van der Waals surface area (Å²) < 4.78 is 5.47. The number of nitrogens with one attached hydrogen (secondary N) is 1. The minimum atomic E-state index is 0.653. The average molecular weight is 317 g/mol. The van der Waals surface area contributed by atoms with Crippen molar-refractivity contribution in [2.75, 3.05) is 11.9 Å². The van der Waals surface area contributed by atoms with Crippen molar-refractivity contribution in [3.63, 3.8) is 0 Å². The van der Waals surface area contributed by atoms with E-state index < -0.39 is 0 Å². The molecule has 0 aliphatic carbocycles. The smallest absolute Gasteiger partial charge is 0.138 e. The predicted molar refractivity (Wildman–Crippen MR) is 98.1 cm³/mol. The van der Waals surface area contributed by atoms with Gasteiger partial charge in [-0.2, -0.15) is 0 Å². The summed E-state index contributed by atoms with van der Waals surface area (Å²) in [5.74, 6) is 1.62. The fourth-order valence-electron chi connectivity index (χ4n) is 2.25. The van der Waals surface area contributed by atoms with Crippen LogP contribution in [0.3, 0.4) is 0 Å². The van der Waals surface area contributed by atoms with Crippen molar-refractivity contribution in [3.8, 4) is 5.75 Å². The predicted octanol–water partition coefficient (Wildman–Crippen LogP) is 4.67. The molecule has 1 N–H and O–H groups in total. The third-order valence-corrected chi connectivity index (χ3v) is 3.36. The largest absolute Gasteiger partial charge is 0.494 e. The van der Waals surface area contributed by atoms with Crippen molar-refractivity contribution in [3.05, 3.63) is 84.7 Å². The Labute approximate surface area is 141 Å². The van der Waals surface area contributed by atoms with Crippen LogP contribution >= 0.6 is 0 Å². The molecule has 1 aromatic heterocycles. The normalized spacial score (nSPS) is 11.1. The highest BCUT2D eigenvalue weighted by atomic mass is 16.5. The Kier molecular flexibility index (Phi) is 5.20. The number of nitrogens with zero attached hydrogens (tertiary/aromatic N) is 2. The molecule has 0 aliphatic heterocycles. The maximum absolute atomic E-state index is 5.47. The molecule has 3 aromatic rings. The maximum Gasteiger partial charge on any atom is 0.138 e. The summed E-state index contributed by atoms with van der Waals surface area (Å²) in [5, 5.41) is 3.34. The van der Waals surface area contributed by atoms with E-state index >= 15 is 0 Å². The van der Waals surface area contributed by atoms with Crippen molar-refractivity contribution < 1.29 is 4.74 Å². The van der Waals surface area contributed by atoms with Crippen molar-refractivity contribution in [1.29, 1.82) is 0 Å². The van der Waals surface area contributed by atoms with Gasteiger partial charge < -0.3 is 10.1 Å². The molecule has 0 saturated heterocycles. The van der Waals surface area contributed by atoms with Crippen LogP contribution in [0.2, 0.25) is 0 Å². The second-order valence-corrected chi connectivity index (χ2v) is 5.12. The average Bonchev–Trinajstić information content (AvgIpc) is 2.65. The van der Waals surface area contributed by atoms with Crippen LogP contribution in [0.1, 0.15) is 12.5 Å². The van der Waals surface area contributed by atoms with Gasteiger partial charge in [0.1, 0.15) is 11.6 Å². The van der Waals surface area contributed by atoms with Gasteiger partial charge >= 0.3 is 0 Å². The highest BCUT2D eigenvalue weighted by molar-refractivity contribution is 6.09. The number of hydrogen-bond donors (Lipinski definition) is 1. The Bertz CT molecular complexity index is 784. The fourth-order valence-corrected chi connectivity index (χ4v) is 2.25. The van der Waals surface area contributed by atoms with Crippen LogP contribution in [-0.4, -0.2) is 17.4 Å². The summed E-state index contributed by atoms with van der Waals surface area (Å²) in [6, 6.07) is 21.6. The van der Waals surface area contributed by atoms with E-state index in [9.17, 15) is 0 Å². The number of amidine groups is 1. The summed E-state index contributed by atoms with van der Waals surface area (Å²) in [5.41, 5.74) is 2.76. The molecule has 0 amide bonds. The van der Waals surface area contributed by atoms with E-state index in [1.807, 2.05) is 73.7 Å². The van der Waals surface area contributed by atoms with Crippen LogP contribution in [0, 0.1) is 0 Å². The molecule has 0 spiro atoms. The zero-order valence-electron chi connectivity index (χ0n) is 13.5. The van der Waals surface area contributed by atoms with Gasteiger partial charge in [-0.3, -0.25) is 4.98 Å². The van der Waals surface area contributed by atoms with Gasteiger partial charge in [-0.25, -0.2) is 4.99 Å². The lowest BCUT2D eigenvalue weighted by atomic mass is 10.2. The molecular formula is C20H19N3O. The number of benzene rings is 2. The molecule has 2 aromatic carbocycles. The Morgan fingerprint density at radius 2 is 1.79 bits per heavy atom. The van der Waals surface area contributed by atoms with Gasteiger partial charge in [0, 0.05) is 11.8 Å². The molecule has 0 fully saturated rings. The van der Waals surface area contributed by atoms with E-state index in [1.165, 1.54) is 0 Å². The summed E-state index contributed by atoms with van der Waals surface area (Å²) in [7, 11) is 0. The highest BCUT2D eigenvalue weighted by Crippen LogP contribution is 2.20. The van der Waals surface area contributed by atoms with Gasteiger partial charge in [-0.05, 0) is 43.3 Å². The molecule has 1 heterocycles. The molecule has 0 bridgehead atoms. The van der Waals surface area contributed by atoms with E-state index in [-0.39, 0.29) is 0 Å². The number of aliphatic imine (C=N–C) groups is 1. The van der Waals surface area contributed by atoms with E-state index in [1.54, 1.807) is 12.4 Å². The number of aromatic nitrogens is 1. The molecule has 0 atom stereocenters. The first-order valence-electron chi connectivity index (χ1n) is 7.89. The third kappa shape index (κ3) is 4.20. The van der Waals surface area contributed by atoms with Crippen molar-refractivity contribution in [2.24, 2.45) is 4.99 Å². The quantitative estimate of drug-likeness (QED) is 0.549. The molecule has 0 saturated carbocycles. The van der Waals surface area contributed by atoms with Crippen molar-refractivity contribution >= 4 is 17.2 Å². The van der Waals surface area contributed by atoms with Crippen molar-refractivity contribution in [1.82, 2.24) is 4.98 Å². The summed E-state index contributed by atoms with van der Waals surface area (Å²) in [6.45, 7) is 2.62. The molecular weight excluding hydrogens is 298 g/mol. The summed E-state index contributed by atoms with van der Waals surface area (Å²) in [6.07, 6.45) is 3.52. The van der Waals surface area contributed by atoms with E-state index in [2.05, 4.69) is 10.3 Å². The minimum Gasteiger partial charge on any atom is -0.494 e. The lowest BCUT2D eigenvalue weighted by Gasteiger charge is -2.10. The van der Waals surface area contributed by atoms with Crippen LogP contribution in [-0.2, 0) is 0 Å². The van der Waals surface area contributed by atoms with Gasteiger partial charge in [0.2, 0.25) is 0 Å². The van der Waals surface area contributed by atoms with E-state index in [0.29, 0.717) is 6.61 Å². The van der Waals surface area contributed by atoms with E-state index in [0.717, 1.165) is 28.5 Å². The Morgan fingerprint density at radius 3 is 2.46 bits per heavy atom. The first-order valence-corrected chi connectivity index (χ1v) is 7.89. The van der Waals surface area contributed by atoms with Gasteiger partial charge in [-0.1, -0.05) is 30.3 Å². The number of rotatable bonds is 5. The lowest BCUT2D eigenvalue weighted by molar-refractivity contribution is 0.340. The van der Waals surface area contributed by atoms with Crippen molar-refractivity contribution in [2.45, 2.75) is 6.92 Å². The van der Waals surface area contributed by atoms with Crippen LogP contribution in [0.15, 0.2) is 84.1 Å². The molecule has 120 valence electrons. The molecule has 0 aliphatic rings. The second kappa shape index (κ2) is 7.92. The summed E-state index contributed by atoms with van der Waals surface area (Å²) >= 11 is 0. The first-order chi connectivity index (χ1) is 11.8. The number of hydrogen-bond acceptors (Lipinski definition) is 3. The third-order valence-electron chi connectivity index (χ3n) is 3.36. The molecule has 3 rings (SSSR count). The topological polar surface area (TPSA) is 46.5 Å². The molecule has 24 heavy (non-hydrogen) atoms. The molecule has 0 unspecified atom stereocenters. The standard InChI is InChI=1S/C20H19N3O/c1-2-24-19-12-10-17(11-13-19)22-20(16-7-4-3-5-8-16)23-18-9-6-14-21-15-18/h3-15H,2H2,1H3,(H,22,23). The number of anilines is 1. The second-order valence-electron chi connectivity index (χ2n) is 5.12. The van der Waals surface area contributed by atoms with E-state index in [4.69, 9.17) is 9.73 Å². The Balaban J connectivity index is 1.91. The highest BCUT2D eigenvalue weighted by Gasteiger charge is 2.05. The zero-order chi connectivity index (χ0) is 16.6. The van der Waals surface area contributed by atoms with Crippen LogP contribution < -0.4 is 10.1 Å². The number of pyridine rings is 1. The Hall–Kier alpha value is -3.14. The maximum atomic E-state index is 5.47. The van der Waals surface area contributed by atoms with Gasteiger partial charge in [0.15, 0.2) is 0 Å². The monoisotopic (exact) mass is 317 g/mol. The summed E-state index contributed by atoms with van der Waals surface area (Å²) in [4.78, 5) is 8.88. The molecule has 4 heteroatoms. The van der Waals surface area contributed by atoms with Crippen LogP contribution in [0.25, 0.3) is 0 Å².